The van der Waals surface area contributed by atoms with Gasteiger partial charge < -0.3 is 0 Å². The maximum atomic E-state index is 4.43. The molecular weight excluding hydrogens is 677 g/mol. The van der Waals surface area contributed by atoms with Crippen molar-refractivity contribution in [1.82, 2.24) is 0 Å². The Balaban J connectivity index is 1.48. The van der Waals surface area contributed by atoms with Crippen LogP contribution < -0.4 is 9.13 Å². The third kappa shape index (κ3) is 6.05. The Bertz CT molecular complexity index is 2510. The zero-order valence-electron chi connectivity index (χ0n) is 35.9. The van der Waals surface area contributed by atoms with Gasteiger partial charge in [0.2, 0.25) is 11.4 Å². The van der Waals surface area contributed by atoms with E-state index in [-0.39, 0.29) is 22.3 Å². The molecule has 288 valence electrons. The van der Waals surface area contributed by atoms with E-state index in [1.807, 2.05) is 0 Å². The van der Waals surface area contributed by atoms with E-state index >= 15 is 0 Å². The van der Waals surface area contributed by atoms with E-state index in [1.165, 1.54) is 95.8 Å². The Morgan fingerprint density at radius 2 is 1.68 bits per heavy atom. The highest BCUT2D eigenvalue weighted by Gasteiger charge is 2.54. The van der Waals surface area contributed by atoms with Gasteiger partial charge in [0, 0.05) is 41.9 Å². The number of pyridine rings is 2. The molecular formula is C54H64N2+2. The molecule has 0 spiro atoms. The monoisotopic (exact) mass is 741 g/mol. The molecule has 0 radical (unpaired) electrons. The van der Waals surface area contributed by atoms with Crippen molar-refractivity contribution in [2.45, 2.75) is 131 Å². The van der Waals surface area contributed by atoms with E-state index in [4.69, 9.17) is 0 Å². The first-order valence-electron chi connectivity index (χ1n) is 21.5. The van der Waals surface area contributed by atoms with Crippen LogP contribution in [0.3, 0.4) is 0 Å². The molecule has 2 aromatic heterocycles. The number of unbranched alkanes of at least 4 members (excludes halogenated alkanes) is 1. The van der Waals surface area contributed by atoms with Gasteiger partial charge in [0.15, 0.2) is 24.5 Å². The summed E-state index contributed by atoms with van der Waals surface area (Å²) in [5.41, 5.74) is 15.3. The molecule has 4 aromatic carbocycles. The molecule has 3 unspecified atom stereocenters. The van der Waals surface area contributed by atoms with Gasteiger partial charge in [-0.1, -0.05) is 135 Å². The molecule has 0 N–H and O–H groups in total. The first-order valence-corrected chi connectivity index (χ1v) is 21.5. The summed E-state index contributed by atoms with van der Waals surface area (Å²) in [6, 6.07) is 30.6. The number of aryl methyl sites for hydroxylation is 3. The van der Waals surface area contributed by atoms with Gasteiger partial charge in [0.05, 0.1) is 22.3 Å². The highest BCUT2D eigenvalue weighted by Crippen LogP contribution is 2.56. The van der Waals surface area contributed by atoms with Crippen LogP contribution in [-0.4, -0.2) is 0 Å². The van der Waals surface area contributed by atoms with E-state index in [9.17, 15) is 0 Å². The van der Waals surface area contributed by atoms with Crippen LogP contribution in [0.25, 0.3) is 50.1 Å². The summed E-state index contributed by atoms with van der Waals surface area (Å²) >= 11 is 0. The Labute approximate surface area is 337 Å². The summed E-state index contributed by atoms with van der Waals surface area (Å²) < 4.78 is 5.46. The van der Waals surface area contributed by atoms with E-state index in [2.05, 4.69) is 182 Å². The van der Waals surface area contributed by atoms with Gasteiger partial charge in [-0.25, -0.2) is 0 Å². The van der Waals surface area contributed by atoms with Gasteiger partial charge in [-0.05, 0) is 94.8 Å². The predicted molar refractivity (Wildman–Crippen MR) is 238 cm³/mol. The van der Waals surface area contributed by atoms with Crippen LogP contribution in [0.1, 0.15) is 132 Å². The van der Waals surface area contributed by atoms with Crippen LogP contribution in [0.15, 0.2) is 97.8 Å². The number of hydrogen-bond donors (Lipinski definition) is 0. The van der Waals surface area contributed by atoms with Crippen molar-refractivity contribution in [2.24, 2.45) is 11.3 Å². The van der Waals surface area contributed by atoms with Crippen molar-refractivity contribution in [3.8, 4) is 22.5 Å². The Morgan fingerprint density at radius 3 is 2.41 bits per heavy atom. The summed E-state index contributed by atoms with van der Waals surface area (Å²) in [4.78, 5) is 0. The maximum Gasteiger partial charge on any atom is 0.221 e. The molecule has 0 saturated carbocycles. The maximum absolute atomic E-state index is 4.43. The van der Waals surface area contributed by atoms with Crippen molar-refractivity contribution >= 4 is 27.6 Å². The molecule has 1 aliphatic heterocycles. The number of benzene rings is 4. The summed E-state index contributed by atoms with van der Waals surface area (Å²) in [5, 5.41) is 5.54. The molecule has 0 amide bonds. The Morgan fingerprint density at radius 1 is 0.893 bits per heavy atom. The fourth-order valence-electron chi connectivity index (χ4n) is 11.3. The average molecular weight is 741 g/mol. The summed E-state index contributed by atoms with van der Waals surface area (Å²) in [6.45, 7) is 29.4. The van der Waals surface area contributed by atoms with Crippen LogP contribution in [0.4, 0.5) is 0 Å². The second-order valence-electron chi connectivity index (χ2n) is 19.3. The van der Waals surface area contributed by atoms with Crippen LogP contribution in [0, 0.1) is 25.2 Å². The first kappa shape index (κ1) is 38.3. The Kier molecular flexibility index (Phi) is 9.66. The van der Waals surface area contributed by atoms with Crippen molar-refractivity contribution in [2.75, 3.05) is 0 Å². The van der Waals surface area contributed by atoms with E-state index in [1.54, 1.807) is 0 Å². The summed E-state index contributed by atoms with van der Waals surface area (Å²) in [5.74, 6) is 0.725. The second kappa shape index (κ2) is 14.1. The van der Waals surface area contributed by atoms with Crippen LogP contribution >= 0.6 is 0 Å². The lowest BCUT2D eigenvalue weighted by atomic mass is 9.66. The molecule has 0 bridgehead atoms. The minimum Gasteiger partial charge on any atom is -0.197 e. The molecule has 56 heavy (non-hydrogen) atoms. The van der Waals surface area contributed by atoms with Crippen LogP contribution in [0.5, 0.6) is 0 Å². The lowest BCUT2D eigenvalue weighted by Crippen LogP contribution is -2.61. The average Bonchev–Trinajstić information content (AvgIpc) is 3.29. The normalized spacial score (nSPS) is 18.9. The van der Waals surface area contributed by atoms with E-state index < -0.39 is 0 Å². The van der Waals surface area contributed by atoms with E-state index in [0.717, 1.165) is 32.2 Å². The molecule has 8 rings (SSSR count). The third-order valence-corrected chi connectivity index (χ3v) is 14.0. The summed E-state index contributed by atoms with van der Waals surface area (Å²) in [7, 11) is 0. The number of hydrogen-bond acceptors (Lipinski definition) is 0. The number of nitrogens with zero attached hydrogens (tertiary/aromatic N) is 2. The summed E-state index contributed by atoms with van der Waals surface area (Å²) in [6.07, 6.45) is 13.9. The van der Waals surface area contributed by atoms with Gasteiger partial charge in [-0.15, -0.1) is 0 Å². The Hall–Kier alpha value is -4.56. The topological polar surface area (TPSA) is 7.76 Å². The van der Waals surface area contributed by atoms with Gasteiger partial charge in [0.25, 0.3) is 0 Å². The lowest BCUT2D eigenvalue weighted by molar-refractivity contribution is -0.766. The highest BCUT2D eigenvalue weighted by atomic mass is 15.1. The zero-order valence-corrected chi connectivity index (χ0v) is 35.9. The van der Waals surface area contributed by atoms with Crippen molar-refractivity contribution < 1.29 is 9.13 Å². The fraction of sp³-hybridized carbons (Fsp3) is 0.407. The molecule has 2 nitrogen and oxygen atoms in total. The molecule has 0 fully saturated rings. The number of aromatic nitrogens is 2. The lowest BCUT2D eigenvalue weighted by Gasteiger charge is -2.39. The highest BCUT2D eigenvalue weighted by molar-refractivity contribution is 6.03. The van der Waals surface area contributed by atoms with Gasteiger partial charge in [-0.3, -0.25) is 0 Å². The minimum absolute atomic E-state index is 0.0961. The molecule has 3 atom stereocenters. The molecule has 3 heterocycles. The zero-order chi connectivity index (χ0) is 39.7. The van der Waals surface area contributed by atoms with Gasteiger partial charge in [-0.2, -0.15) is 9.13 Å². The second-order valence-corrected chi connectivity index (χ2v) is 19.3. The first-order chi connectivity index (χ1) is 26.7. The molecule has 6 aromatic rings. The van der Waals surface area contributed by atoms with Crippen molar-refractivity contribution in [3.05, 3.63) is 137 Å². The molecule has 0 saturated heterocycles. The van der Waals surface area contributed by atoms with Crippen LogP contribution in [-0.2, 0) is 23.9 Å². The smallest absolute Gasteiger partial charge is 0.197 e. The molecule has 1 aliphatic carbocycles. The minimum atomic E-state index is -0.191. The largest absolute Gasteiger partial charge is 0.221 e. The van der Waals surface area contributed by atoms with Gasteiger partial charge >= 0.3 is 0 Å². The SMILES string of the molecule is C=Cc1ccc2c3c1C(C)(C)c1ccc(CCCC)c4cc[n+](c-3c14)C(CC)(C(C)CC(C)(C)C)CC2C[n+]1ccc2ccccc2c1-c1cc(C)ccc1C. The molecule has 2 heteroatoms. The van der Waals surface area contributed by atoms with E-state index in [0.29, 0.717) is 5.92 Å². The van der Waals surface area contributed by atoms with Gasteiger partial charge in [0.1, 0.15) is 0 Å². The fourth-order valence-corrected chi connectivity index (χ4v) is 11.3. The number of rotatable bonds is 10. The van der Waals surface area contributed by atoms with Crippen LogP contribution in [0.2, 0.25) is 0 Å². The predicted octanol–water partition coefficient (Wildman–Crippen LogP) is 13.5. The standard InChI is InChI=1S/C54H64N2/c1-12-15-18-39-24-26-46-47-43(39)28-30-56-51(47)48-42(25-23-38(13-2)49(48)53(46,10)11)41(33-54(56,14-3)37(6)32-52(7,8)9)34-55-29-27-40-19-16-17-20-44(40)50(55)45-31-35(4)21-22-36(45)5/h13,16-17,19-31,37,41H,2,12,14-15,18,32-34H2,1,3-11H3/q+2. The van der Waals surface area contributed by atoms with Crippen molar-refractivity contribution in [3.63, 3.8) is 0 Å². The third-order valence-electron chi connectivity index (χ3n) is 14.0. The quantitative estimate of drug-likeness (QED) is 0.124. The molecule has 2 aliphatic rings. The number of fused-ring (bicyclic) bond motifs is 1. The van der Waals surface area contributed by atoms with Crippen molar-refractivity contribution in [1.29, 1.82) is 0 Å².